The second-order valence-electron chi connectivity index (χ2n) is 5.47. The lowest BCUT2D eigenvalue weighted by atomic mass is 10.0. The molecule has 1 aromatic rings. The molecular formula is C19H22N4O. The van der Waals surface area contributed by atoms with E-state index in [4.69, 9.17) is 11.1 Å². The van der Waals surface area contributed by atoms with Crippen molar-refractivity contribution >= 4 is 23.9 Å². The maximum atomic E-state index is 10.5. The molecule has 0 unspecified atom stereocenters. The summed E-state index contributed by atoms with van der Waals surface area (Å²) in [6, 6.07) is 7.40. The zero-order valence-electron chi connectivity index (χ0n) is 13.9. The Morgan fingerprint density at radius 2 is 2.17 bits per heavy atom. The fourth-order valence-corrected chi connectivity index (χ4v) is 2.52. The second kappa shape index (κ2) is 7.97. The first-order valence-corrected chi connectivity index (χ1v) is 7.67. The van der Waals surface area contributed by atoms with Crippen molar-refractivity contribution in [1.82, 2.24) is 5.32 Å². The lowest BCUT2D eigenvalue weighted by Crippen LogP contribution is -2.08. The van der Waals surface area contributed by atoms with Crippen LogP contribution >= 0.6 is 0 Å². The Balaban J connectivity index is 2.18. The molecule has 1 aliphatic carbocycles. The van der Waals surface area contributed by atoms with Gasteiger partial charge in [-0.25, -0.2) is 0 Å². The van der Waals surface area contributed by atoms with Crippen LogP contribution in [0.5, 0.6) is 0 Å². The van der Waals surface area contributed by atoms with E-state index in [-0.39, 0.29) is 0 Å². The van der Waals surface area contributed by atoms with Gasteiger partial charge in [-0.05, 0) is 42.3 Å². The van der Waals surface area contributed by atoms with Crippen molar-refractivity contribution in [3.05, 3.63) is 70.6 Å². The van der Waals surface area contributed by atoms with Gasteiger partial charge in [-0.1, -0.05) is 24.3 Å². The zero-order valence-corrected chi connectivity index (χ0v) is 13.9. The van der Waals surface area contributed by atoms with Crippen molar-refractivity contribution < 1.29 is 4.79 Å². The summed E-state index contributed by atoms with van der Waals surface area (Å²) in [4.78, 5) is 10.5. The molecule has 5 N–H and O–H groups in total. The standard InChI is InChI=1S/C19H22N4O/c1-13-10-18(21)16(7-9-19(13)22-2)17(20)8-6-14-4-3-5-15(11-14)23-12-24/h3-8,10-12,20,22H,9,21H2,1-2H3,(H,23,24)/b8-6+,20-17?. The summed E-state index contributed by atoms with van der Waals surface area (Å²) in [6.07, 6.45) is 8.75. The van der Waals surface area contributed by atoms with Gasteiger partial charge in [0.2, 0.25) is 6.41 Å². The Kier molecular flexibility index (Phi) is 5.73. The van der Waals surface area contributed by atoms with Crippen LogP contribution in [0.3, 0.4) is 0 Å². The molecule has 1 aromatic carbocycles. The number of carbonyl (C=O) groups is 1. The van der Waals surface area contributed by atoms with Crippen molar-refractivity contribution in [3.8, 4) is 0 Å². The minimum absolute atomic E-state index is 0.350. The normalized spacial score (nSPS) is 14.8. The van der Waals surface area contributed by atoms with Gasteiger partial charge < -0.3 is 21.8 Å². The van der Waals surface area contributed by atoms with Gasteiger partial charge in [0.25, 0.3) is 0 Å². The third-order valence-electron chi connectivity index (χ3n) is 3.82. The molecule has 0 saturated carbocycles. The predicted octanol–water partition coefficient (Wildman–Crippen LogP) is 2.95. The molecule has 0 atom stereocenters. The van der Waals surface area contributed by atoms with Gasteiger partial charge in [0.1, 0.15) is 0 Å². The van der Waals surface area contributed by atoms with Crippen molar-refractivity contribution in [2.24, 2.45) is 5.73 Å². The van der Waals surface area contributed by atoms with E-state index in [2.05, 4.69) is 10.6 Å². The minimum atomic E-state index is 0.350. The topological polar surface area (TPSA) is 91.0 Å². The van der Waals surface area contributed by atoms with Crippen LogP contribution in [0.4, 0.5) is 5.69 Å². The Hall–Kier alpha value is -3.08. The molecule has 0 fully saturated rings. The summed E-state index contributed by atoms with van der Waals surface area (Å²) in [5, 5.41) is 14.1. The largest absolute Gasteiger partial charge is 0.398 e. The molecule has 0 radical (unpaired) electrons. The van der Waals surface area contributed by atoms with Crippen LogP contribution in [0, 0.1) is 5.41 Å². The second-order valence-corrected chi connectivity index (χ2v) is 5.47. The molecule has 124 valence electrons. The van der Waals surface area contributed by atoms with Crippen LogP contribution in [0.25, 0.3) is 6.08 Å². The number of rotatable bonds is 6. The molecule has 5 nitrogen and oxygen atoms in total. The number of carbonyl (C=O) groups excluding carboxylic acids is 1. The molecule has 0 aromatic heterocycles. The summed E-state index contributed by atoms with van der Waals surface area (Å²) in [5.74, 6) is 0. The van der Waals surface area contributed by atoms with Gasteiger partial charge in [-0.3, -0.25) is 4.79 Å². The summed E-state index contributed by atoms with van der Waals surface area (Å²) < 4.78 is 0. The number of nitrogens with two attached hydrogens (primary N) is 1. The molecule has 0 saturated heterocycles. The Morgan fingerprint density at radius 1 is 1.38 bits per heavy atom. The summed E-state index contributed by atoms with van der Waals surface area (Å²) in [5.41, 5.74) is 11.6. The van der Waals surface area contributed by atoms with Gasteiger partial charge in [0.05, 0.1) is 5.71 Å². The SMILES string of the molecule is CNC1=C(C)C=C(N)C(C(=N)/C=C/c2cccc(NC=O)c2)=CC1. The monoisotopic (exact) mass is 322 g/mol. The van der Waals surface area contributed by atoms with Crippen molar-refractivity contribution in [3.63, 3.8) is 0 Å². The molecule has 1 amide bonds. The van der Waals surface area contributed by atoms with Gasteiger partial charge in [0.15, 0.2) is 0 Å². The molecule has 24 heavy (non-hydrogen) atoms. The van der Waals surface area contributed by atoms with Crippen LogP contribution in [-0.2, 0) is 4.79 Å². The highest BCUT2D eigenvalue weighted by Crippen LogP contribution is 2.20. The maximum Gasteiger partial charge on any atom is 0.211 e. The first-order valence-electron chi connectivity index (χ1n) is 7.67. The number of hydrogen-bond acceptors (Lipinski definition) is 4. The highest BCUT2D eigenvalue weighted by Gasteiger charge is 2.11. The third kappa shape index (κ3) is 4.23. The van der Waals surface area contributed by atoms with Crippen molar-refractivity contribution in [2.75, 3.05) is 12.4 Å². The van der Waals surface area contributed by atoms with E-state index in [0.717, 1.165) is 22.4 Å². The molecule has 0 aliphatic heterocycles. The zero-order chi connectivity index (χ0) is 17.5. The van der Waals surface area contributed by atoms with E-state index in [1.54, 1.807) is 12.1 Å². The van der Waals surface area contributed by atoms with E-state index in [1.807, 2.05) is 50.4 Å². The third-order valence-corrected chi connectivity index (χ3v) is 3.82. The Labute approximate surface area is 142 Å². The van der Waals surface area contributed by atoms with Gasteiger partial charge in [-0.15, -0.1) is 0 Å². The van der Waals surface area contributed by atoms with Crippen LogP contribution in [0.2, 0.25) is 0 Å². The first kappa shape index (κ1) is 17.3. The average Bonchev–Trinajstić information content (AvgIpc) is 2.71. The molecule has 0 spiro atoms. The number of hydrogen-bond donors (Lipinski definition) is 4. The van der Waals surface area contributed by atoms with E-state index in [9.17, 15) is 4.79 Å². The molecule has 1 aliphatic rings. The van der Waals surface area contributed by atoms with E-state index < -0.39 is 0 Å². The molecule has 0 bridgehead atoms. The molecule has 5 heteroatoms. The quantitative estimate of drug-likeness (QED) is 0.479. The number of nitrogens with one attached hydrogen (secondary N) is 3. The van der Waals surface area contributed by atoms with E-state index >= 15 is 0 Å². The number of allylic oxidation sites excluding steroid dienone is 5. The molecule has 0 heterocycles. The van der Waals surface area contributed by atoms with Crippen LogP contribution in [0.1, 0.15) is 18.9 Å². The fraction of sp³-hybridized carbons (Fsp3) is 0.158. The van der Waals surface area contributed by atoms with Crippen LogP contribution in [0.15, 0.2) is 65.0 Å². The van der Waals surface area contributed by atoms with Gasteiger partial charge >= 0.3 is 0 Å². The van der Waals surface area contributed by atoms with E-state index in [0.29, 0.717) is 29.9 Å². The first-order chi connectivity index (χ1) is 11.5. The Bertz CT molecular complexity index is 769. The minimum Gasteiger partial charge on any atom is -0.398 e. The number of anilines is 1. The number of amides is 1. The van der Waals surface area contributed by atoms with Crippen LogP contribution < -0.4 is 16.4 Å². The fourth-order valence-electron chi connectivity index (χ4n) is 2.52. The lowest BCUT2D eigenvalue weighted by molar-refractivity contribution is -0.105. The highest BCUT2D eigenvalue weighted by molar-refractivity contribution is 6.11. The smallest absolute Gasteiger partial charge is 0.211 e. The lowest BCUT2D eigenvalue weighted by Gasteiger charge is -2.06. The van der Waals surface area contributed by atoms with Crippen molar-refractivity contribution in [1.29, 1.82) is 5.41 Å². The van der Waals surface area contributed by atoms with Gasteiger partial charge in [0, 0.05) is 36.1 Å². The van der Waals surface area contributed by atoms with E-state index in [1.165, 1.54) is 0 Å². The van der Waals surface area contributed by atoms with Crippen molar-refractivity contribution in [2.45, 2.75) is 13.3 Å². The maximum absolute atomic E-state index is 10.5. The highest BCUT2D eigenvalue weighted by atomic mass is 16.1. The van der Waals surface area contributed by atoms with Gasteiger partial charge in [-0.2, -0.15) is 0 Å². The average molecular weight is 322 g/mol. The predicted molar refractivity (Wildman–Crippen MR) is 99.6 cm³/mol. The summed E-state index contributed by atoms with van der Waals surface area (Å²) in [7, 11) is 1.88. The molecular weight excluding hydrogens is 300 g/mol. The number of benzene rings is 1. The summed E-state index contributed by atoms with van der Waals surface area (Å²) >= 11 is 0. The molecule has 2 rings (SSSR count). The summed E-state index contributed by atoms with van der Waals surface area (Å²) in [6.45, 7) is 2.00. The van der Waals surface area contributed by atoms with Crippen LogP contribution in [-0.4, -0.2) is 19.2 Å². The Morgan fingerprint density at radius 3 is 2.88 bits per heavy atom.